The second-order valence-corrected chi connectivity index (χ2v) is 15.1. The van der Waals surface area contributed by atoms with E-state index >= 15 is 0 Å². The molecule has 0 unspecified atom stereocenters. The fraction of sp³-hybridized carbons (Fsp3) is 0.480. The van der Waals surface area contributed by atoms with E-state index in [9.17, 15) is 19.2 Å². The molecule has 8 nitrogen and oxygen atoms in total. The van der Waals surface area contributed by atoms with Gasteiger partial charge in [0.05, 0.1) is 37.6 Å². The summed E-state index contributed by atoms with van der Waals surface area (Å²) in [6, 6.07) is 27.3. The lowest BCUT2D eigenvalue weighted by atomic mass is 10.1. The summed E-state index contributed by atoms with van der Waals surface area (Å²) in [5, 5.41) is 4.31. The van der Waals surface area contributed by atoms with Gasteiger partial charge in [0.2, 0.25) is 0 Å². The van der Waals surface area contributed by atoms with E-state index < -0.39 is 11.9 Å². The molecule has 0 aliphatic rings. The van der Waals surface area contributed by atoms with Gasteiger partial charge in [-0.25, -0.2) is 19.2 Å². The molecule has 4 aromatic carbocycles. The van der Waals surface area contributed by atoms with Crippen LogP contribution in [0.25, 0.3) is 21.5 Å². The second kappa shape index (κ2) is 28.4. The van der Waals surface area contributed by atoms with Gasteiger partial charge in [0.1, 0.15) is 0 Å². The minimum Gasteiger partial charge on any atom is -0.463 e. The standard InChI is InChI=1S/C50H64O8/c51-47(55-35-21-13-9-5-1-3-7-11-15-23-37-57-49(53)45-31-29-41-25-17-19-27-43(41)39-45)33-34-48(52)56-36-22-14-10-6-2-4-8-12-16-24-38-58-50(54)46-32-30-42-26-18-20-28-44(42)40-46/h17-20,25-34,39-40H,1-16,21-24,35-38H2/b34-33-. The van der Waals surface area contributed by atoms with E-state index in [1.165, 1.54) is 51.4 Å². The Hall–Kier alpha value is -4.98. The monoisotopic (exact) mass is 792 g/mol. The number of esters is 4. The number of unbranched alkanes of at least 4 members (excludes halogenated alkanes) is 18. The lowest BCUT2D eigenvalue weighted by Gasteiger charge is -2.06. The molecular formula is C50H64O8. The number of rotatable bonds is 30. The molecular weight excluding hydrogens is 729 g/mol. The molecule has 0 spiro atoms. The fourth-order valence-electron chi connectivity index (χ4n) is 6.94. The van der Waals surface area contributed by atoms with Gasteiger partial charge in [0.25, 0.3) is 0 Å². The topological polar surface area (TPSA) is 105 Å². The first-order chi connectivity index (χ1) is 28.5. The summed E-state index contributed by atoms with van der Waals surface area (Å²) in [6.07, 6.45) is 23.8. The van der Waals surface area contributed by atoms with Crippen molar-refractivity contribution in [2.24, 2.45) is 0 Å². The quantitative estimate of drug-likeness (QED) is 0.0222. The Labute approximate surface area is 345 Å². The summed E-state index contributed by atoms with van der Waals surface area (Å²) in [4.78, 5) is 48.5. The van der Waals surface area contributed by atoms with Crippen molar-refractivity contribution in [1.82, 2.24) is 0 Å². The Kier molecular flexibility index (Phi) is 22.4. The minimum atomic E-state index is -0.513. The molecule has 0 bridgehead atoms. The highest BCUT2D eigenvalue weighted by atomic mass is 16.5. The van der Waals surface area contributed by atoms with E-state index in [1.807, 2.05) is 84.9 Å². The fourth-order valence-corrected chi connectivity index (χ4v) is 6.94. The predicted molar refractivity (Wildman–Crippen MR) is 232 cm³/mol. The molecule has 0 amide bonds. The molecule has 4 aromatic rings. The molecule has 312 valence electrons. The van der Waals surface area contributed by atoms with Gasteiger partial charge in [-0.2, -0.15) is 0 Å². The van der Waals surface area contributed by atoms with Gasteiger partial charge in [-0.3, -0.25) is 0 Å². The predicted octanol–water partition coefficient (Wildman–Crippen LogP) is 12.5. The maximum Gasteiger partial charge on any atom is 0.338 e. The molecule has 0 saturated carbocycles. The van der Waals surface area contributed by atoms with Crippen LogP contribution in [0.5, 0.6) is 0 Å². The molecule has 0 radical (unpaired) electrons. The van der Waals surface area contributed by atoms with Crippen LogP contribution in [0.1, 0.15) is 149 Å². The van der Waals surface area contributed by atoms with Gasteiger partial charge in [0.15, 0.2) is 0 Å². The number of benzene rings is 4. The normalized spacial score (nSPS) is 11.2. The maximum absolute atomic E-state index is 12.3. The lowest BCUT2D eigenvalue weighted by molar-refractivity contribution is -0.140. The number of fused-ring (bicyclic) bond motifs is 2. The average molecular weight is 793 g/mol. The third-order valence-electron chi connectivity index (χ3n) is 10.4. The van der Waals surface area contributed by atoms with Crippen LogP contribution in [0.3, 0.4) is 0 Å². The second-order valence-electron chi connectivity index (χ2n) is 15.1. The van der Waals surface area contributed by atoms with E-state index in [4.69, 9.17) is 18.9 Å². The van der Waals surface area contributed by atoms with Crippen molar-refractivity contribution in [3.63, 3.8) is 0 Å². The van der Waals surface area contributed by atoms with Crippen LogP contribution in [-0.2, 0) is 28.5 Å². The summed E-state index contributed by atoms with van der Waals surface area (Å²) in [7, 11) is 0. The van der Waals surface area contributed by atoms with Gasteiger partial charge in [-0.1, -0.05) is 163 Å². The zero-order valence-corrected chi connectivity index (χ0v) is 34.5. The van der Waals surface area contributed by atoms with Crippen molar-refractivity contribution in [3.05, 3.63) is 108 Å². The van der Waals surface area contributed by atoms with Gasteiger partial charge in [-0.15, -0.1) is 0 Å². The Balaban J connectivity index is 0.833. The highest BCUT2D eigenvalue weighted by Gasteiger charge is 2.09. The Morgan fingerprint density at radius 1 is 0.328 bits per heavy atom. The Morgan fingerprint density at radius 3 is 0.931 bits per heavy atom. The van der Waals surface area contributed by atoms with Crippen LogP contribution in [0, 0.1) is 0 Å². The van der Waals surface area contributed by atoms with Crippen molar-refractivity contribution in [3.8, 4) is 0 Å². The Bertz CT molecular complexity index is 1710. The third kappa shape index (κ3) is 19.0. The third-order valence-corrected chi connectivity index (χ3v) is 10.4. The molecule has 0 aromatic heterocycles. The number of carbonyl (C=O) groups is 4. The molecule has 0 saturated heterocycles. The molecule has 0 aliphatic heterocycles. The first-order valence-electron chi connectivity index (χ1n) is 21.8. The number of carbonyl (C=O) groups excluding carboxylic acids is 4. The van der Waals surface area contributed by atoms with Crippen LogP contribution < -0.4 is 0 Å². The minimum absolute atomic E-state index is 0.256. The average Bonchev–Trinajstić information content (AvgIpc) is 3.25. The largest absolute Gasteiger partial charge is 0.463 e. The smallest absolute Gasteiger partial charge is 0.338 e. The summed E-state index contributed by atoms with van der Waals surface area (Å²) < 4.78 is 21.4. The van der Waals surface area contributed by atoms with Crippen LogP contribution in [0.2, 0.25) is 0 Å². The summed E-state index contributed by atoms with van der Waals surface area (Å²) >= 11 is 0. The van der Waals surface area contributed by atoms with Crippen molar-refractivity contribution >= 4 is 45.4 Å². The van der Waals surface area contributed by atoms with E-state index in [0.717, 1.165) is 111 Å². The molecule has 0 aliphatic carbocycles. The molecule has 0 atom stereocenters. The highest BCUT2D eigenvalue weighted by molar-refractivity contribution is 5.96. The Morgan fingerprint density at radius 2 is 0.603 bits per heavy atom. The van der Waals surface area contributed by atoms with Gasteiger partial charge >= 0.3 is 23.9 Å². The van der Waals surface area contributed by atoms with E-state index in [1.54, 1.807) is 0 Å². The lowest BCUT2D eigenvalue weighted by Crippen LogP contribution is -2.06. The molecule has 58 heavy (non-hydrogen) atoms. The molecule has 8 heteroatoms. The number of hydrogen-bond donors (Lipinski definition) is 0. The van der Waals surface area contributed by atoms with Crippen LogP contribution in [0.4, 0.5) is 0 Å². The van der Waals surface area contributed by atoms with Gasteiger partial charge in [-0.05, 0) is 71.5 Å². The van der Waals surface area contributed by atoms with Crippen LogP contribution >= 0.6 is 0 Å². The molecule has 0 N–H and O–H groups in total. The van der Waals surface area contributed by atoms with Crippen molar-refractivity contribution in [1.29, 1.82) is 0 Å². The van der Waals surface area contributed by atoms with Gasteiger partial charge in [0, 0.05) is 12.2 Å². The molecule has 0 fully saturated rings. The van der Waals surface area contributed by atoms with Crippen molar-refractivity contribution in [2.75, 3.05) is 26.4 Å². The molecule has 0 heterocycles. The number of hydrogen-bond acceptors (Lipinski definition) is 8. The zero-order chi connectivity index (χ0) is 40.9. The highest BCUT2D eigenvalue weighted by Crippen LogP contribution is 2.19. The SMILES string of the molecule is O=C(/C=C\C(=O)OCCCCCCCCCCCCOC(=O)c1ccc2ccccc2c1)OCCCCCCCCCCCCOC(=O)c1ccc2ccccc2c1. The maximum atomic E-state index is 12.3. The van der Waals surface area contributed by atoms with Crippen molar-refractivity contribution < 1.29 is 38.1 Å². The van der Waals surface area contributed by atoms with Crippen molar-refractivity contribution in [2.45, 2.75) is 128 Å². The first-order valence-corrected chi connectivity index (χ1v) is 21.8. The summed E-state index contributed by atoms with van der Waals surface area (Å²) in [6.45, 7) is 1.63. The number of ether oxygens (including phenoxy) is 4. The van der Waals surface area contributed by atoms with Crippen LogP contribution in [0.15, 0.2) is 97.1 Å². The van der Waals surface area contributed by atoms with Crippen LogP contribution in [-0.4, -0.2) is 50.3 Å². The van der Waals surface area contributed by atoms with E-state index in [-0.39, 0.29) is 11.9 Å². The van der Waals surface area contributed by atoms with E-state index in [2.05, 4.69) is 0 Å². The van der Waals surface area contributed by atoms with E-state index in [0.29, 0.717) is 37.6 Å². The zero-order valence-electron chi connectivity index (χ0n) is 34.5. The molecule has 4 rings (SSSR count). The summed E-state index contributed by atoms with van der Waals surface area (Å²) in [5.74, 6) is -1.54. The first kappa shape index (κ1) is 45.7. The van der Waals surface area contributed by atoms with Gasteiger partial charge < -0.3 is 18.9 Å². The summed E-state index contributed by atoms with van der Waals surface area (Å²) in [5.41, 5.74) is 1.20.